The van der Waals surface area contributed by atoms with E-state index in [9.17, 15) is 54.7 Å². The minimum atomic E-state index is -5.59. The molecule has 1 N–H and O–H groups in total. The first-order chi connectivity index (χ1) is 57.7. The molecule has 0 saturated carbocycles. The Hall–Kier alpha value is -7.73. The van der Waals surface area contributed by atoms with Crippen LogP contribution in [0.1, 0.15) is 138 Å². The van der Waals surface area contributed by atoms with Gasteiger partial charge in [-0.1, -0.05) is 191 Å². The number of carboxylic acids is 1. The molecule has 4 aliphatic heterocycles. The summed E-state index contributed by atoms with van der Waals surface area (Å²) in [6.45, 7) is 26.7. The fraction of sp³-hybridized carbons (Fsp3) is 0.348. The van der Waals surface area contributed by atoms with Crippen molar-refractivity contribution < 1.29 is 101 Å². The number of hydrogen-bond donors (Lipinski definition) is 1. The maximum atomic E-state index is 16.8. The van der Waals surface area contributed by atoms with E-state index in [4.69, 9.17) is 91.5 Å². The molecule has 8 aromatic carbocycles. The fourth-order valence-electron chi connectivity index (χ4n) is 14.7. The van der Waals surface area contributed by atoms with Gasteiger partial charge in [0.2, 0.25) is 0 Å². The lowest BCUT2D eigenvalue weighted by atomic mass is 9.85. The van der Waals surface area contributed by atoms with Crippen LogP contribution in [0.25, 0.3) is 5.57 Å². The van der Waals surface area contributed by atoms with E-state index in [1.54, 1.807) is 123 Å². The van der Waals surface area contributed by atoms with E-state index >= 15 is 8.78 Å². The number of nitrogens with zero attached hydrogens (tertiary/aromatic N) is 2. The molecule has 4 heterocycles. The standard InChI is InChI=1S/C37H42Cl2FNO5Si.C30H31BrCl2FNO4Si.C14H7BrClFO3.C8H11F3O4S/c1-23(25-15-17-45-18-16-25)27-21-31-33(32(40)22-27)37(44-3,28-9-13-30(39)14-10-28)41(35(31)42)34(26-7-11-29(38)12-8-26)24(2)36(43)46-19-20-47(4,5)6;1-18(29(37)39-14-15-40(3,4)5)27(19-6-10-22(32)11-7-19)35-28(36)24-16-21(31)17-25(34)26(24)30(35,38-2)20-8-12-23(33)13-9-20;15-8-5-10(14(19)20)12(11(17)6-8)13(18)7-1-3-9(16)4-2-7;1-6(7-2-4-14-5-3-7)15-16(12,13)8(9,10)11/h7-14,21-22,24-25,34H,1,15-20H2,2-6H3;6-13,16-18,27H,14-15H2,1-5H3;1-6H,(H,19,20);7H,1-5H2/t24-,34-,37+;18-,27-,30+;;/m00../s1. The predicted molar refractivity (Wildman–Crippen MR) is 474 cm³/mol. The van der Waals surface area contributed by atoms with Crippen molar-refractivity contribution in [3.8, 4) is 0 Å². The van der Waals surface area contributed by atoms with Gasteiger partial charge in [-0.3, -0.25) is 33.8 Å². The highest BCUT2D eigenvalue weighted by molar-refractivity contribution is 9.10. The van der Waals surface area contributed by atoms with Gasteiger partial charge >= 0.3 is 33.5 Å². The van der Waals surface area contributed by atoms with Crippen molar-refractivity contribution in [1.29, 1.82) is 0 Å². The molecule has 658 valence electrons. The summed E-state index contributed by atoms with van der Waals surface area (Å²) < 4.78 is 143. The van der Waals surface area contributed by atoms with Crippen molar-refractivity contribution in [1.82, 2.24) is 9.80 Å². The van der Waals surface area contributed by atoms with Gasteiger partial charge in [0.1, 0.15) is 23.2 Å². The van der Waals surface area contributed by atoms with Gasteiger partial charge in [-0.25, -0.2) is 18.0 Å². The molecule has 0 aliphatic carbocycles. The van der Waals surface area contributed by atoms with Gasteiger partial charge in [0.05, 0.1) is 70.5 Å². The molecular weight excluding hydrogens is 1890 g/mol. The molecule has 4 aliphatic rings. The van der Waals surface area contributed by atoms with Gasteiger partial charge < -0.3 is 37.7 Å². The predicted octanol–water partition coefficient (Wildman–Crippen LogP) is 23.6. The molecule has 0 aromatic heterocycles. The number of hydrogen-bond acceptors (Lipinski definition) is 15. The number of allylic oxidation sites excluding steroid dienone is 2. The van der Waals surface area contributed by atoms with Crippen LogP contribution < -0.4 is 0 Å². The van der Waals surface area contributed by atoms with Gasteiger partial charge in [-0.2, -0.15) is 21.6 Å². The Bertz CT molecular complexity index is 5340. The van der Waals surface area contributed by atoms with Crippen molar-refractivity contribution >= 4 is 157 Å². The van der Waals surface area contributed by atoms with Crippen LogP contribution in [-0.4, -0.2) is 134 Å². The Morgan fingerprint density at radius 3 is 1.28 bits per heavy atom. The third-order valence-corrected chi connectivity index (χ3v) is 27.8. The van der Waals surface area contributed by atoms with Crippen LogP contribution in [0.4, 0.5) is 26.3 Å². The highest BCUT2D eigenvalue weighted by Gasteiger charge is 2.60. The number of esters is 2. The Balaban J connectivity index is 0.000000202. The molecule has 2 fully saturated rings. The van der Waals surface area contributed by atoms with Crippen molar-refractivity contribution in [2.24, 2.45) is 23.7 Å². The first-order valence-corrected chi connectivity index (χ1v) is 51.1. The van der Waals surface area contributed by atoms with E-state index in [2.05, 4.69) is 88.5 Å². The summed E-state index contributed by atoms with van der Waals surface area (Å²) in [5.74, 6) is -8.51. The van der Waals surface area contributed by atoms with Crippen LogP contribution in [0.2, 0.25) is 76.5 Å². The number of carbonyl (C=O) groups is 6. The van der Waals surface area contributed by atoms with Gasteiger partial charge in [0.25, 0.3) is 11.8 Å². The Morgan fingerprint density at radius 2 is 0.902 bits per heavy atom. The number of amides is 2. The average Bonchev–Trinajstić information content (AvgIpc) is 1.55. The van der Waals surface area contributed by atoms with E-state index in [1.807, 2.05) is 0 Å². The lowest BCUT2D eigenvalue weighted by Gasteiger charge is -2.44. The topological polar surface area (TPSA) is 228 Å². The molecule has 34 heteroatoms. The largest absolute Gasteiger partial charge is 0.534 e. The summed E-state index contributed by atoms with van der Waals surface area (Å²) in [5, 5.41) is 11.4. The lowest BCUT2D eigenvalue weighted by molar-refractivity contribution is -0.156. The molecule has 12 rings (SSSR count). The van der Waals surface area contributed by atoms with Crippen LogP contribution in [0.5, 0.6) is 0 Å². The van der Waals surface area contributed by atoms with E-state index in [0.717, 1.165) is 36.6 Å². The molecular formula is C89H91Br2Cl5F6N2O16SSi2. The maximum absolute atomic E-state index is 16.8. The molecule has 2 saturated heterocycles. The van der Waals surface area contributed by atoms with E-state index in [-0.39, 0.29) is 57.2 Å². The highest BCUT2D eigenvalue weighted by atomic mass is 79.9. The fourth-order valence-corrected chi connectivity index (χ4v) is 18.2. The SMILES string of the molecule is C=C(OS(=O)(=O)C(F)(F)F)C1CCOCC1.C=C(c1cc(F)c2c(c1)C(=O)N([C@H](c1ccc(Cl)cc1)[C@H](C)C(=O)OCC[Si](C)(C)C)[C@@]2(OC)c1ccc(Cl)cc1)C1CCOCC1.CO[C@]1(c2ccc(Cl)cc2)c2c(F)cc(Br)cc2C(=O)N1[C@H](c1ccc(Cl)cc1)[C@H](C)C(=O)OCC[Si](C)(C)C.O=C(O)c1cc(Br)cc(F)c1C(=O)c1ccc(Cl)cc1. The van der Waals surface area contributed by atoms with E-state index < -0.39 is 137 Å². The summed E-state index contributed by atoms with van der Waals surface area (Å²) in [6, 6.07) is 41.1. The van der Waals surface area contributed by atoms with Gasteiger partial charge in [0, 0.05) is 113 Å². The number of ether oxygens (including phenoxy) is 6. The third kappa shape index (κ3) is 23.4. The van der Waals surface area contributed by atoms with Crippen LogP contribution in [0.15, 0.2) is 186 Å². The molecule has 0 radical (unpaired) electrons. The van der Waals surface area contributed by atoms with Crippen molar-refractivity contribution in [3.05, 3.63) is 295 Å². The molecule has 8 aromatic rings. The number of benzene rings is 8. The van der Waals surface area contributed by atoms with Crippen molar-refractivity contribution in [3.63, 3.8) is 0 Å². The number of fused-ring (bicyclic) bond motifs is 2. The number of carboxylic acid groups (broad SMARTS) is 1. The molecule has 123 heavy (non-hydrogen) atoms. The van der Waals surface area contributed by atoms with Crippen LogP contribution >= 0.6 is 89.9 Å². The Morgan fingerprint density at radius 1 is 0.545 bits per heavy atom. The smallest absolute Gasteiger partial charge is 0.478 e. The zero-order valence-electron chi connectivity index (χ0n) is 68.7. The Kier molecular flexibility index (Phi) is 33.7. The van der Waals surface area contributed by atoms with E-state index in [1.165, 1.54) is 66.5 Å². The van der Waals surface area contributed by atoms with Crippen LogP contribution in [0, 0.1) is 41.1 Å². The monoisotopic (exact) mass is 1980 g/mol. The Labute approximate surface area is 754 Å². The zero-order valence-corrected chi connectivity index (χ0v) is 78.4. The number of methoxy groups -OCH3 is 2. The first-order valence-electron chi connectivity index (χ1n) is 38.8. The molecule has 0 unspecified atom stereocenters. The number of ketones is 1. The summed E-state index contributed by atoms with van der Waals surface area (Å²) in [5.41, 5.74) is -5.69. The maximum Gasteiger partial charge on any atom is 0.534 e. The summed E-state index contributed by atoms with van der Waals surface area (Å²) in [6.07, 6.45) is 2.35. The zero-order chi connectivity index (χ0) is 90.8. The first kappa shape index (κ1) is 99.1. The van der Waals surface area contributed by atoms with Crippen molar-refractivity contribution in [2.75, 3.05) is 53.9 Å². The van der Waals surface area contributed by atoms with Gasteiger partial charge in [-0.15, -0.1) is 0 Å². The quantitative estimate of drug-likeness (QED) is 0.0101. The molecule has 2 amide bonds. The van der Waals surface area contributed by atoms with Crippen molar-refractivity contribution in [2.45, 2.75) is 120 Å². The second-order valence-corrected chi connectivity index (χ2v) is 48.8. The second-order valence-electron chi connectivity index (χ2n) is 32.0. The molecule has 0 spiro atoms. The highest BCUT2D eigenvalue weighted by Crippen LogP contribution is 2.55. The normalized spacial score (nSPS) is 17.7. The summed E-state index contributed by atoms with van der Waals surface area (Å²) in [7, 11) is -5.68. The van der Waals surface area contributed by atoms with Gasteiger partial charge in [-0.05, 0) is 189 Å². The summed E-state index contributed by atoms with van der Waals surface area (Å²) in [4.78, 5) is 82.9. The number of rotatable bonds is 26. The second kappa shape index (κ2) is 41.8. The number of alkyl halides is 3. The van der Waals surface area contributed by atoms with Crippen LogP contribution in [0.3, 0.4) is 0 Å². The summed E-state index contributed by atoms with van der Waals surface area (Å²) >= 11 is 37.0. The average molecular weight is 1980 g/mol. The molecule has 6 atom stereocenters. The minimum Gasteiger partial charge on any atom is -0.478 e. The van der Waals surface area contributed by atoms with Gasteiger partial charge in [0.15, 0.2) is 17.2 Å². The number of halogens is 13. The minimum absolute atomic E-state index is 0.0591. The lowest BCUT2D eigenvalue weighted by Crippen LogP contribution is -2.51. The number of carbonyl (C=O) groups excluding carboxylic acids is 5. The van der Waals surface area contributed by atoms with E-state index in [0.29, 0.717) is 96.7 Å². The molecule has 18 nitrogen and oxygen atoms in total. The van der Waals surface area contributed by atoms with Crippen LogP contribution in [-0.2, 0) is 63.8 Å². The molecule has 0 bridgehead atoms. The third-order valence-electron chi connectivity index (χ3n) is 21.2. The number of aromatic carboxylic acids is 1.